The van der Waals surface area contributed by atoms with Crippen molar-refractivity contribution in [1.29, 1.82) is 0 Å². The first kappa shape index (κ1) is 15.9. The van der Waals surface area contributed by atoms with Gasteiger partial charge < -0.3 is 9.47 Å². The molecule has 0 radical (unpaired) electrons. The largest absolute Gasteiger partial charge is 0.490 e. The molecule has 0 heterocycles. The third-order valence-electron chi connectivity index (χ3n) is 2.57. The van der Waals surface area contributed by atoms with Crippen LogP contribution in [0.15, 0.2) is 46.9 Å². The minimum Gasteiger partial charge on any atom is -0.490 e. The maximum Gasteiger partial charge on any atom is 0.343 e. The zero-order valence-corrected chi connectivity index (χ0v) is 13.9. The third kappa shape index (κ3) is 4.22. The molecule has 2 rings (SSSR count). The Morgan fingerprint density at radius 3 is 2.48 bits per heavy atom. The van der Waals surface area contributed by atoms with Gasteiger partial charge in [-0.05, 0) is 60.1 Å². The van der Waals surface area contributed by atoms with Gasteiger partial charge in [-0.3, -0.25) is 0 Å². The van der Waals surface area contributed by atoms with Crippen molar-refractivity contribution in [2.24, 2.45) is 0 Å². The Morgan fingerprint density at radius 1 is 1.14 bits per heavy atom. The molecule has 2 aromatic carbocycles. The Balaban J connectivity index is 2.17. The van der Waals surface area contributed by atoms with Crippen molar-refractivity contribution < 1.29 is 14.3 Å². The van der Waals surface area contributed by atoms with Crippen molar-refractivity contribution in [3.63, 3.8) is 0 Å². The third-order valence-corrected chi connectivity index (χ3v) is 3.50. The van der Waals surface area contributed by atoms with Crippen LogP contribution in [-0.4, -0.2) is 12.1 Å². The Bertz CT molecular complexity index is 656. The van der Waals surface area contributed by atoms with Crippen LogP contribution in [0.4, 0.5) is 0 Å². The number of benzene rings is 2. The standard InChI is InChI=1S/C16H14BrClO3/c1-10(2)20-14-8-7-11(9-12(14)17)16(19)21-15-6-4-3-5-13(15)18/h3-10H,1-2H3. The Labute approximate surface area is 137 Å². The summed E-state index contributed by atoms with van der Waals surface area (Å²) in [4.78, 5) is 12.1. The average molecular weight is 370 g/mol. The van der Waals surface area contributed by atoms with Crippen LogP contribution in [-0.2, 0) is 0 Å². The molecule has 0 aromatic heterocycles. The number of esters is 1. The minimum absolute atomic E-state index is 0.0576. The first-order valence-corrected chi connectivity index (χ1v) is 7.57. The molecule has 0 unspecified atom stereocenters. The fraction of sp³-hybridized carbons (Fsp3) is 0.188. The molecule has 110 valence electrons. The molecule has 0 aliphatic heterocycles. The highest BCUT2D eigenvalue weighted by Gasteiger charge is 2.13. The fourth-order valence-corrected chi connectivity index (χ4v) is 2.31. The highest BCUT2D eigenvalue weighted by atomic mass is 79.9. The molecule has 2 aromatic rings. The normalized spacial score (nSPS) is 10.5. The molecule has 5 heteroatoms. The summed E-state index contributed by atoms with van der Waals surface area (Å²) in [5.41, 5.74) is 0.415. The van der Waals surface area contributed by atoms with E-state index in [9.17, 15) is 4.79 Å². The molecule has 0 spiro atoms. The lowest BCUT2D eigenvalue weighted by atomic mass is 10.2. The van der Waals surface area contributed by atoms with Crippen molar-refractivity contribution in [3.8, 4) is 11.5 Å². The predicted molar refractivity (Wildman–Crippen MR) is 86.3 cm³/mol. The number of hydrogen-bond acceptors (Lipinski definition) is 3. The quantitative estimate of drug-likeness (QED) is 0.555. The van der Waals surface area contributed by atoms with E-state index in [0.717, 1.165) is 0 Å². The molecular formula is C16H14BrClO3. The van der Waals surface area contributed by atoms with Gasteiger partial charge >= 0.3 is 5.97 Å². The maximum absolute atomic E-state index is 12.1. The summed E-state index contributed by atoms with van der Waals surface area (Å²) in [6.07, 6.45) is 0.0576. The zero-order chi connectivity index (χ0) is 15.4. The van der Waals surface area contributed by atoms with Crippen molar-refractivity contribution in [2.45, 2.75) is 20.0 Å². The van der Waals surface area contributed by atoms with Gasteiger partial charge in [-0.25, -0.2) is 4.79 Å². The van der Waals surface area contributed by atoms with Crippen LogP contribution in [0.1, 0.15) is 24.2 Å². The molecule has 0 amide bonds. The van der Waals surface area contributed by atoms with Gasteiger partial charge in [-0.1, -0.05) is 23.7 Å². The summed E-state index contributed by atoms with van der Waals surface area (Å²) in [5, 5.41) is 0.393. The molecule has 0 saturated heterocycles. The second-order valence-electron chi connectivity index (χ2n) is 4.63. The minimum atomic E-state index is -0.472. The topological polar surface area (TPSA) is 35.5 Å². The number of hydrogen-bond donors (Lipinski definition) is 0. The first-order chi connectivity index (χ1) is 9.97. The van der Waals surface area contributed by atoms with Gasteiger partial charge in [0, 0.05) is 0 Å². The van der Waals surface area contributed by atoms with Gasteiger partial charge in [-0.15, -0.1) is 0 Å². The van der Waals surface area contributed by atoms with Crippen LogP contribution >= 0.6 is 27.5 Å². The molecule has 0 N–H and O–H groups in total. The molecule has 0 aliphatic rings. The van der Waals surface area contributed by atoms with E-state index >= 15 is 0 Å². The molecular weight excluding hydrogens is 356 g/mol. The monoisotopic (exact) mass is 368 g/mol. The number of ether oxygens (including phenoxy) is 2. The summed E-state index contributed by atoms with van der Waals surface area (Å²) in [5.74, 6) is 0.544. The molecule has 0 bridgehead atoms. The van der Waals surface area contributed by atoms with Gasteiger partial charge in [0.05, 0.1) is 21.2 Å². The van der Waals surface area contributed by atoms with Crippen LogP contribution in [0, 0.1) is 0 Å². The highest BCUT2D eigenvalue weighted by molar-refractivity contribution is 9.10. The van der Waals surface area contributed by atoms with E-state index in [1.54, 1.807) is 42.5 Å². The smallest absolute Gasteiger partial charge is 0.343 e. The lowest BCUT2D eigenvalue weighted by Gasteiger charge is -2.12. The van der Waals surface area contributed by atoms with Crippen molar-refractivity contribution >= 4 is 33.5 Å². The lowest BCUT2D eigenvalue weighted by molar-refractivity contribution is 0.0734. The number of carbonyl (C=O) groups excluding carboxylic acids is 1. The van der Waals surface area contributed by atoms with Crippen LogP contribution in [0.2, 0.25) is 5.02 Å². The number of carbonyl (C=O) groups is 1. The van der Waals surface area contributed by atoms with E-state index in [0.29, 0.717) is 26.6 Å². The summed E-state index contributed by atoms with van der Waals surface area (Å²) in [7, 11) is 0. The number of para-hydroxylation sites is 1. The van der Waals surface area contributed by atoms with E-state index in [1.807, 2.05) is 13.8 Å². The molecule has 0 saturated carbocycles. The predicted octanol–water partition coefficient (Wildman–Crippen LogP) is 5.11. The molecule has 0 atom stereocenters. The zero-order valence-electron chi connectivity index (χ0n) is 11.6. The van der Waals surface area contributed by atoms with Gasteiger partial charge in [0.2, 0.25) is 0 Å². The summed E-state index contributed by atoms with van der Waals surface area (Å²) in [6, 6.07) is 11.9. The fourth-order valence-electron chi connectivity index (χ4n) is 1.66. The van der Waals surface area contributed by atoms with E-state index < -0.39 is 5.97 Å². The van der Waals surface area contributed by atoms with Crippen LogP contribution in [0.3, 0.4) is 0 Å². The molecule has 21 heavy (non-hydrogen) atoms. The molecule has 0 fully saturated rings. The second-order valence-corrected chi connectivity index (χ2v) is 5.89. The van der Waals surface area contributed by atoms with E-state index in [2.05, 4.69) is 15.9 Å². The van der Waals surface area contributed by atoms with E-state index in [-0.39, 0.29) is 6.10 Å². The van der Waals surface area contributed by atoms with Crippen LogP contribution in [0.5, 0.6) is 11.5 Å². The van der Waals surface area contributed by atoms with Crippen LogP contribution in [0.25, 0.3) is 0 Å². The SMILES string of the molecule is CC(C)Oc1ccc(C(=O)Oc2ccccc2Cl)cc1Br. The van der Waals surface area contributed by atoms with Crippen LogP contribution < -0.4 is 9.47 Å². The summed E-state index contributed by atoms with van der Waals surface area (Å²) < 4.78 is 11.6. The molecule has 3 nitrogen and oxygen atoms in total. The lowest BCUT2D eigenvalue weighted by Crippen LogP contribution is -2.10. The summed E-state index contributed by atoms with van der Waals surface area (Å²) >= 11 is 9.35. The maximum atomic E-state index is 12.1. The Hall–Kier alpha value is -1.52. The van der Waals surface area contributed by atoms with Gasteiger partial charge in [0.15, 0.2) is 0 Å². The second kappa shape index (κ2) is 6.96. The highest BCUT2D eigenvalue weighted by Crippen LogP contribution is 2.28. The van der Waals surface area contributed by atoms with Gasteiger partial charge in [-0.2, -0.15) is 0 Å². The molecule has 0 aliphatic carbocycles. The van der Waals surface area contributed by atoms with Gasteiger partial charge in [0.25, 0.3) is 0 Å². The van der Waals surface area contributed by atoms with E-state index in [1.165, 1.54) is 0 Å². The van der Waals surface area contributed by atoms with Crippen molar-refractivity contribution in [1.82, 2.24) is 0 Å². The first-order valence-electron chi connectivity index (χ1n) is 6.40. The number of rotatable bonds is 4. The Morgan fingerprint density at radius 2 is 1.86 bits per heavy atom. The van der Waals surface area contributed by atoms with E-state index in [4.69, 9.17) is 21.1 Å². The number of halogens is 2. The summed E-state index contributed by atoms with van der Waals surface area (Å²) in [6.45, 7) is 3.87. The van der Waals surface area contributed by atoms with Crippen molar-refractivity contribution in [3.05, 3.63) is 57.5 Å². The van der Waals surface area contributed by atoms with Crippen molar-refractivity contribution in [2.75, 3.05) is 0 Å². The Kier molecular flexibility index (Phi) is 5.26. The average Bonchev–Trinajstić information content (AvgIpc) is 2.43. The van der Waals surface area contributed by atoms with Gasteiger partial charge in [0.1, 0.15) is 11.5 Å².